The van der Waals surface area contributed by atoms with Crippen molar-refractivity contribution in [2.45, 2.75) is 72.9 Å². The highest BCUT2D eigenvalue weighted by molar-refractivity contribution is 5.79. The Hall–Kier alpha value is -2.47. The Morgan fingerprint density at radius 3 is 2.45 bits per heavy atom. The second-order valence-electron chi connectivity index (χ2n) is 9.10. The molecule has 0 bridgehead atoms. The zero-order chi connectivity index (χ0) is 22.7. The van der Waals surface area contributed by atoms with Gasteiger partial charge in [0.25, 0.3) is 0 Å². The van der Waals surface area contributed by atoms with Crippen molar-refractivity contribution in [3.8, 4) is 5.75 Å². The number of likely N-dealkylation sites (tertiary alicyclic amines) is 1. The van der Waals surface area contributed by atoms with Crippen molar-refractivity contribution in [3.05, 3.63) is 51.6 Å². The first kappa shape index (κ1) is 23.2. The molecule has 0 spiro atoms. The van der Waals surface area contributed by atoms with Gasteiger partial charge in [0.1, 0.15) is 11.6 Å². The Bertz CT molecular complexity index is 932. The summed E-state index contributed by atoms with van der Waals surface area (Å²) in [6, 6.07) is 4.50. The number of methoxy groups -OCH3 is 1. The predicted molar refractivity (Wildman–Crippen MR) is 124 cm³/mol. The molecule has 1 aliphatic rings. The first-order chi connectivity index (χ1) is 14.7. The first-order valence-corrected chi connectivity index (χ1v) is 11.2. The topological polar surface area (TPSA) is 67.3 Å². The van der Waals surface area contributed by atoms with Crippen LogP contribution in [0.2, 0.25) is 0 Å². The van der Waals surface area contributed by atoms with Gasteiger partial charge in [-0.05, 0) is 77.3 Å². The lowest BCUT2D eigenvalue weighted by molar-refractivity contribution is -0.120. The van der Waals surface area contributed by atoms with Crippen LogP contribution in [0.15, 0.2) is 12.1 Å². The van der Waals surface area contributed by atoms with Crippen molar-refractivity contribution in [2.75, 3.05) is 20.2 Å². The zero-order valence-electron chi connectivity index (χ0n) is 20.0. The third-order valence-corrected chi connectivity index (χ3v) is 6.11. The Kier molecular flexibility index (Phi) is 7.31. The molecule has 0 unspecified atom stereocenters. The molecule has 1 atom stereocenters. The quantitative estimate of drug-likeness (QED) is 0.733. The van der Waals surface area contributed by atoms with Gasteiger partial charge in [-0.15, -0.1) is 0 Å². The maximum Gasteiger partial charge on any atom is 0.224 e. The van der Waals surface area contributed by atoms with Crippen LogP contribution in [-0.4, -0.2) is 47.0 Å². The highest BCUT2D eigenvalue weighted by atomic mass is 16.5. The molecular weight excluding hydrogens is 388 g/mol. The molecule has 2 heterocycles. The van der Waals surface area contributed by atoms with E-state index in [4.69, 9.17) is 14.7 Å². The molecule has 1 aromatic carbocycles. The number of nitrogens with zero attached hydrogens (tertiary/aromatic N) is 3. The van der Waals surface area contributed by atoms with E-state index in [-0.39, 0.29) is 11.9 Å². The summed E-state index contributed by atoms with van der Waals surface area (Å²) in [5.74, 6) is 2.21. The van der Waals surface area contributed by atoms with Crippen LogP contribution in [0.25, 0.3) is 0 Å². The lowest BCUT2D eigenvalue weighted by Crippen LogP contribution is -2.32. The normalized spacial score (nSPS) is 16.7. The van der Waals surface area contributed by atoms with E-state index in [0.29, 0.717) is 12.3 Å². The molecule has 31 heavy (non-hydrogen) atoms. The number of benzene rings is 1. The van der Waals surface area contributed by atoms with E-state index in [1.165, 1.54) is 16.7 Å². The SMILES string of the molecule is COc1cc(C)c(CN2CC[C@H](c3nc(C)c(CC(=O)NC(C)C)c(C)n3)C2)cc1C. The van der Waals surface area contributed by atoms with Crippen LogP contribution < -0.4 is 10.1 Å². The molecule has 3 rings (SSSR count). The largest absolute Gasteiger partial charge is 0.496 e. The summed E-state index contributed by atoms with van der Waals surface area (Å²) in [6.07, 6.45) is 1.39. The van der Waals surface area contributed by atoms with Gasteiger partial charge in [-0.2, -0.15) is 0 Å². The molecule has 168 valence electrons. The van der Waals surface area contributed by atoms with Crippen LogP contribution in [0, 0.1) is 27.7 Å². The summed E-state index contributed by atoms with van der Waals surface area (Å²) >= 11 is 0. The molecule has 1 aromatic heterocycles. The molecule has 6 heteroatoms. The van der Waals surface area contributed by atoms with Crippen molar-refractivity contribution in [3.63, 3.8) is 0 Å². The molecule has 0 aliphatic carbocycles. The Morgan fingerprint density at radius 2 is 1.84 bits per heavy atom. The van der Waals surface area contributed by atoms with Gasteiger partial charge >= 0.3 is 0 Å². The summed E-state index contributed by atoms with van der Waals surface area (Å²) < 4.78 is 5.45. The molecule has 1 fully saturated rings. The second-order valence-corrected chi connectivity index (χ2v) is 9.10. The Morgan fingerprint density at radius 1 is 1.16 bits per heavy atom. The van der Waals surface area contributed by atoms with Gasteiger partial charge in [-0.25, -0.2) is 9.97 Å². The van der Waals surface area contributed by atoms with Gasteiger partial charge in [0.05, 0.1) is 13.5 Å². The fraction of sp³-hybridized carbons (Fsp3) is 0.560. The number of hydrogen-bond donors (Lipinski definition) is 1. The summed E-state index contributed by atoms with van der Waals surface area (Å²) in [6.45, 7) is 15.1. The number of amides is 1. The smallest absolute Gasteiger partial charge is 0.224 e. The number of hydrogen-bond acceptors (Lipinski definition) is 5. The Balaban J connectivity index is 1.69. The van der Waals surface area contributed by atoms with Crippen LogP contribution in [0.4, 0.5) is 0 Å². The van der Waals surface area contributed by atoms with Gasteiger partial charge in [-0.1, -0.05) is 6.07 Å². The van der Waals surface area contributed by atoms with E-state index < -0.39 is 0 Å². The van der Waals surface area contributed by atoms with Crippen molar-refractivity contribution in [2.24, 2.45) is 0 Å². The number of nitrogens with one attached hydrogen (secondary N) is 1. The van der Waals surface area contributed by atoms with Crippen molar-refractivity contribution in [1.82, 2.24) is 20.2 Å². The summed E-state index contributed by atoms with van der Waals surface area (Å²) in [7, 11) is 1.72. The predicted octanol–water partition coefficient (Wildman–Crippen LogP) is 3.78. The lowest BCUT2D eigenvalue weighted by atomic mass is 10.0. The molecule has 0 radical (unpaired) electrons. The van der Waals surface area contributed by atoms with E-state index in [1.54, 1.807) is 7.11 Å². The molecule has 1 N–H and O–H groups in total. The van der Waals surface area contributed by atoms with Gasteiger partial charge in [0, 0.05) is 42.0 Å². The molecular formula is C25H36N4O2. The van der Waals surface area contributed by atoms with Gasteiger partial charge in [0.2, 0.25) is 5.91 Å². The number of aromatic nitrogens is 2. The van der Waals surface area contributed by atoms with E-state index >= 15 is 0 Å². The van der Waals surface area contributed by atoms with Crippen molar-refractivity contribution >= 4 is 5.91 Å². The van der Waals surface area contributed by atoms with Crippen LogP contribution in [0.1, 0.15) is 65.7 Å². The second kappa shape index (κ2) is 9.77. The van der Waals surface area contributed by atoms with Crippen LogP contribution in [0.5, 0.6) is 5.75 Å². The number of rotatable bonds is 7. The number of carbonyl (C=O) groups excluding carboxylic acids is 1. The monoisotopic (exact) mass is 424 g/mol. The van der Waals surface area contributed by atoms with E-state index in [1.807, 2.05) is 27.7 Å². The average molecular weight is 425 g/mol. The molecule has 1 aliphatic heterocycles. The fourth-order valence-corrected chi connectivity index (χ4v) is 4.41. The standard InChI is InChI=1S/C25H36N4O2/c1-15(2)26-24(30)12-22-18(5)27-25(28-19(22)6)20-8-9-29(13-20)14-21-10-17(4)23(31-7)11-16(21)3/h10-11,15,20H,8-9,12-14H2,1-7H3,(H,26,30)/t20-/m0/s1. The highest BCUT2D eigenvalue weighted by Crippen LogP contribution is 2.29. The minimum absolute atomic E-state index is 0.0229. The fourth-order valence-electron chi connectivity index (χ4n) is 4.41. The third kappa shape index (κ3) is 5.62. The number of ether oxygens (including phenoxy) is 1. The summed E-state index contributed by atoms with van der Waals surface area (Å²) in [5, 5.41) is 2.95. The molecule has 1 amide bonds. The number of aryl methyl sites for hydroxylation is 4. The van der Waals surface area contributed by atoms with E-state index in [2.05, 4.69) is 36.2 Å². The minimum atomic E-state index is 0.0229. The van der Waals surface area contributed by atoms with E-state index in [0.717, 1.165) is 54.6 Å². The maximum atomic E-state index is 12.2. The molecule has 2 aromatic rings. The molecule has 0 saturated carbocycles. The summed E-state index contributed by atoms with van der Waals surface area (Å²) in [5.41, 5.74) is 6.56. The molecule has 1 saturated heterocycles. The van der Waals surface area contributed by atoms with Crippen LogP contribution >= 0.6 is 0 Å². The average Bonchev–Trinajstić information content (AvgIpc) is 3.15. The van der Waals surface area contributed by atoms with E-state index in [9.17, 15) is 4.79 Å². The Labute approximate surface area is 186 Å². The third-order valence-electron chi connectivity index (χ3n) is 6.11. The maximum absolute atomic E-state index is 12.2. The zero-order valence-corrected chi connectivity index (χ0v) is 20.0. The van der Waals surface area contributed by atoms with Gasteiger partial charge in [-0.3, -0.25) is 9.69 Å². The molecule has 6 nitrogen and oxygen atoms in total. The van der Waals surface area contributed by atoms with Crippen molar-refractivity contribution < 1.29 is 9.53 Å². The lowest BCUT2D eigenvalue weighted by Gasteiger charge is -2.19. The van der Waals surface area contributed by atoms with Crippen LogP contribution in [0.3, 0.4) is 0 Å². The first-order valence-electron chi connectivity index (χ1n) is 11.2. The highest BCUT2D eigenvalue weighted by Gasteiger charge is 2.27. The summed E-state index contributed by atoms with van der Waals surface area (Å²) in [4.78, 5) is 24.3. The minimum Gasteiger partial charge on any atom is -0.496 e. The number of carbonyl (C=O) groups is 1. The van der Waals surface area contributed by atoms with Gasteiger partial charge in [0.15, 0.2) is 0 Å². The van der Waals surface area contributed by atoms with Crippen LogP contribution in [-0.2, 0) is 17.8 Å². The van der Waals surface area contributed by atoms with Gasteiger partial charge < -0.3 is 10.1 Å². The van der Waals surface area contributed by atoms with Crippen molar-refractivity contribution in [1.29, 1.82) is 0 Å².